The van der Waals surface area contributed by atoms with Crippen molar-refractivity contribution in [2.24, 2.45) is 0 Å². The third kappa shape index (κ3) is 3.82. The summed E-state index contributed by atoms with van der Waals surface area (Å²) in [6.45, 7) is 1.82. The average molecular weight is 192 g/mol. The summed E-state index contributed by atoms with van der Waals surface area (Å²) in [6, 6.07) is 0. The minimum absolute atomic E-state index is 0. The fourth-order valence-electron chi connectivity index (χ4n) is 0.824. The number of aromatic nitrogens is 2. The largest absolute Gasteiger partial charge is 1.00 e. The van der Waals surface area contributed by atoms with E-state index >= 15 is 0 Å². The van der Waals surface area contributed by atoms with Gasteiger partial charge in [-0.1, -0.05) is 17.7 Å². The Balaban J connectivity index is 0.00000121. The monoisotopic (exact) mass is 192 g/mol. The predicted octanol–water partition coefficient (Wildman–Crippen LogP) is -2.63. The van der Waals surface area contributed by atoms with Crippen LogP contribution in [0.4, 0.5) is 0 Å². The van der Waals surface area contributed by atoms with Gasteiger partial charge < -0.3 is 15.1 Å². The number of carboxylic acid groups (broad SMARTS) is 1. The number of nitrogens with zero attached hydrogens (tertiary/aromatic N) is 2. The van der Waals surface area contributed by atoms with Gasteiger partial charge in [0, 0.05) is 6.42 Å². The molecule has 0 unspecified atom stereocenters. The van der Waals surface area contributed by atoms with Crippen molar-refractivity contribution in [2.45, 2.75) is 19.8 Å². The van der Waals surface area contributed by atoms with Crippen molar-refractivity contribution >= 4 is 5.97 Å². The third-order valence-electron chi connectivity index (χ3n) is 1.46. The van der Waals surface area contributed by atoms with E-state index in [0.717, 1.165) is 11.4 Å². The van der Waals surface area contributed by atoms with Crippen LogP contribution >= 0.6 is 0 Å². The van der Waals surface area contributed by atoms with Crippen molar-refractivity contribution < 1.29 is 61.3 Å². The summed E-state index contributed by atoms with van der Waals surface area (Å²) in [5.74, 6) is -0.799. The summed E-state index contributed by atoms with van der Waals surface area (Å²) in [5.41, 5.74) is 1.61. The zero-order valence-electron chi connectivity index (χ0n) is 7.24. The van der Waals surface area contributed by atoms with E-state index in [1.165, 1.54) is 6.33 Å². The molecule has 0 fully saturated rings. The Morgan fingerprint density at radius 1 is 1.75 bits per heavy atom. The molecular weight excluding hydrogens is 183 g/mol. The summed E-state index contributed by atoms with van der Waals surface area (Å²) < 4.78 is 0. The van der Waals surface area contributed by atoms with Gasteiger partial charge in [-0.3, -0.25) is 4.79 Å². The average Bonchev–Trinajstić information content (AvgIpc) is 2.31. The fourth-order valence-corrected chi connectivity index (χ4v) is 0.824. The number of carboxylic acids is 1. The van der Waals surface area contributed by atoms with Crippen LogP contribution in [0.3, 0.4) is 0 Å². The number of aliphatic carboxylic acids is 1. The van der Waals surface area contributed by atoms with Gasteiger partial charge in [0.2, 0.25) is 0 Å². The second-order valence-electron chi connectivity index (χ2n) is 2.30. The van der Waals surface area contributed by atoms with Crippen LogP contribution in [0.2, 0.25) is 0 Å². The van der Waals surface area contributed by atoms with E-state index in [-0.39, 0.29) is 57.8 Å². The summed E-state index contributed by atoms with van der Waals surface area (Å²) in [4.78, 5) is 18.0. The molecule has 0 amide bonds. The van der Waals surface area contributed by atoms with Crippen molar-refractivity contribution in [1.29, 1.82) is 0 Å². The molecule has 60 valence electrons. The molecule has 1 heterocycles. The Hall–Kier alpha value is 0.316. The van der Waals surface area contributed by atoms with Crippen molar-refractivity contribution in [2.75, 3.05) is 0 Å². The smallest absolute Gasteiger partial charge is 0.481 e. The molecule has 0 spiro atoms. The van der Waals surface area contributed by atoms with Crippen molar-refractivity contribution in [3.8, 4) is 0 Å². The van der Waals surface area contributed by atoms with Crippen molar-refractivity contribution in [3.05, 3.63) is 17.7 Å². The minimum Gasteiger partial charge on any atom is -0.481 e. The molecule has 12 heavy (non-hydrogen) atoms. The van der Waals surface area contributed by atoms with E-state index in [2.05, 4.69) is 9.97 Å². The van der Waals surface area contributed by atoms with E-state index in [9.17, 15) is 4.79 Å². The molecule has 5 heteroatoms. The van der Waals surface area contributed by atoms with E-state index in [1.807, 2.05) is 6.92 Å². The molecule has 1 N–H and O–H groups in total. The summed E-state index contributed by atoms with van der Waals surface area (Å²) in [7, 11) is 0. The summed E-state index contributed by atoms with van der Waals surface area (Å²) >= 11 is 0. The fraction of sp³-hybridized carbons (Fsp3) is 0.429. The number of imidazole rings is 1. The first-order chi connectivity index (χ1) is 5.20. The number of aryl methyl sites for hydroxylation is 2. The van der Waals surface area contributed by atoms with Gasteiger partial charge in [-0.05, 0) is 13.3 Å². The standard InChI is InChI=1S/C7H10N2O2.K/c1-5-6(9-4-8-5)2-3-7(10)11;/h4H,2-3H2,1H3,(H2,8,9,10,11);/q;+1/p-1. The third-order valence-corrected chi connectivity index (χ3v) is 1.46. The predicted molar refractivity (Wildman–Crippen MR) is 38.3 cm³/mol. The van der Waals surface area contributed by atoms with Crippen molar-refractivity contribution in [3.63, 3.8) is 0 Å². The van der Waals surface area contributed by atoms with Gasteiger partial charge in [0.15, 0.2) is 0 Å². The minimum atomic E-state index is -0.799. The van der Waals surface area contributed by atoms with Gasteiger partial charge in [-0.2, -0.15) is 0 Å². The molecule has 0 aromatic carbocycles. The molecule has 0 saturated heterocycles. The Kier molecular flexibility index (Phi) is 6.03. The van der Waals surface area contributed by atoms with Gasteiger partial charge in [-0.25, -0.2) is 0 Å². The zero-order valence-corrected chi connectivity index (χ0v) is 10.4. The molecule has 0 atom stereocenters. The maximum Gasteiger partial charge on any atom is 1.00 e. The van der Waals surface area contributed by atoms with Gasteiger partial charge in [0.05, 0.1) is 0 Å². The maximum atomic E-state index is 10.2. The molecular formula is C7H9KN2O2. The van der Waals surface area contributed by atoms with Crippen LogP contribution in [0.15, 0.2) is 6.33 Å². The van der Waals surface area contributed by atoms with Crippen molar-refractivity contribution in [1.82, 2.24) is 9.97 Å². The van der Waals surface area contributed by atoms with Gasteiger partial charge in [-0.15, -0.1) is 0 Å². The van der Waals surface area contributed by atoms with Gasteiger partial charge in [0.25, 0.3) is 0 Å². The van der Waals surface area contributed by atoms with E-state index < -0.39 is 5.97 Å². The van der Waals surface area contributed by atoms with E-state index in [1.54, 1.807) is 0 Å². The van der Waals surface area contributed by atoms with E-state index in [4.69, 9.17) is 5.11 Å². The molecule has 0 aliphatic heterocycles. The van der Waals surface area contributed by atoms with Gasteiger partial charge >= 0.3 is 57.4 Å². The van der Waals surface area contributed by atoms with Crippen LogP contribution in [0, 0.1) is 6.92 Å². The molecule has 0 aliphatic carbocycles. The van der Waals surface area contributed by atoms with Crippen LogP contribution in [0.25, 0.3) is 0 Å². The quantitative estimate of drug-likeness (QED) is 0.532. The van der Waals surface area contributed by atoms with Crippen LogP contribution in [-0.2, 0) is 11.2 Å². The second kappa shape index (κ2) is 5.88. The summed E-state index contributed by atoms with van der Waals surface area (Å²) in [6.07, 6.45) is 2.05. The Morgan fingerprint density at radius 2 is 2.42 bits per heavy atom. The van der Waals surface area contributed by atoms with Gasteiger partial charge in [0.1, 0.15) is 0 Å². The Labute approximate surface area is 113 Å². The number of hydrogen-bond acceptors (Lipinski definition) is 2. The van der Waals surface area contributed by atoms with Crippen LogP contribution < -0.4 is 56.4 Å². The van der Waals surface area contributed by atoms with Crippen LogP contribution in [0.5, 0.6) is 0 Å². The number of rotatable bonds is 3. The molecule has 1 aromatic rings. The first-order valence-electron chi connectivity index (χ1n) is 3.35. The molecule has 0 radical (unpaired) electrons. The molecule has 0 aliphatic rings. The second-order valence-corrected chi connectivity index (χ2v) is 2.30. The first kappa shape index (κ1) is 12.3. The van der Waals surface area contributed by atoms with Crippen LogP contribution in [0.1, 0.15) is 17.8 Å². The molecule has 0 saturated carbocycles. The molecule has 1 aromatic heterocycles. The number of carbonyl (C=O) groups is 1. The normalized spacial score (nSPS) is 9.08. The number of hydrogen-bond donors (Lipinski definition) is 1. The Morgan fingerprint density at radius 3 is 2.83 bits per heavy atom. The molecule has 4 nitrogen and oxygen atoms in total. The first-order valence-corrected chi connectivity index (χ1v) is 3.35. The van der Waals surface area contributed by atoms with E-state index in [0.29, 0.717) is 6.42 Å². The zero-order chi connectivity index (χ0) is 8.27. The molecule has 1 rings (SSSR count). The topological polar surface area (TPSA) is 64.3 Å². The SMILES string of the molecule is Cc1nc[n-]c1CCC(=O)O.[K+]. The maximum absolute atomic E-state index is 10.2. The molecule has 0 bridgehead atoms. The Bertz CT molecular complexity index is 260. The summed E-state index contributed by atoms with van der Waals surface area (Å²) in [5, 5.41) is 8.35. The van der Waals surface area contributed by atoms with Crippen LogP contribution in [-0.4, -0.2) is 16.1 Å².